The van der Waals surface area contributed by atoms with E-state index in [9.17, 15) is 26.8 Å². The summed E-state index contributed by atoms with van der Waals surface area (Å²) < 4.78 is 55.2. The van der Waals surface area contributed by atoms with Crippen molar-refractivity contribution < 1.29 is 26.8 Å². The second-order valence-corrected chi connectivity index (χ2v) is 8.99. The molecule has 2 aromatic carbocycles. The van der Waals surface area contributed by atoms with E-state index >= 15 is 0 Å². The summed E-state index contributed by atoms with van der Waals surface area (Å²) in [6.07, 6.45) is 0. The molecule has 0 aromatic heterocycles. The van der Waals surface area contributed by atoms with Crippen molar-refractivity contribution in [1.82, 2.24) is 9.62 Å². The van der Waals surface area contributed by atoms with Crippen molar-refractivity contribution in [1.29, 1.82) is 0 Å². The molecule has 0 spiro atoms. The van der Waals surface area contributed by atoms with E-state index in [4.69, 9.17) is 0 Å². The number of carbonyl (C=O) groups excluding carboxylic acids is 2. The van der Waals surface area contributed by atoms with E-state index < -0.39 is 38.5 Å². The number of halogens is 2. The number of carbonyl (C=O) groups is 2. The molecule has 0 unspecified atom stereocenters. The van der Waals surface area contributed by atoms with Crippen LogP contribution in [0.4, 0.5) is 14.5 Å². The zero-order chi connectivity index (χ0) is 22.8. The minimum absolute atomic E-state index is 0.229. The molecule has 1 aliphatic rings. The number of ketones is 1. The molecule has 1 saturated heterocycles. The molecule has 1 amide bonds. The Morgan fingerprint density at radius 1 is 1.00 bits per heavy atom. The van der Waals surface area contributed by atoms with Gasteiger partial charge in [-0.25, -0.2) is 17.2 Å². The number of piperazine rings is 1. The Bertz CT molecular complexity index is 1100. The SMILES string of the molecule is CC(=O)c1ccc(N2CCN(C(=O)[C@H](C)NS(=O)(=O)c3ccccc3F)CC2)c(F)c1. The number of nitrogens with one attached hydrogen (secondary N) is 1. The lowest BCUT2D eigenvalue weighted by atomic mass is 10.1. The van der Waals surface area contributed by atoms with Gasteiger partial charge in [-0.05, 0) is 44.2 Å². The fourth-order valence-corrected chi connectivity index (χ4v) is 4.71. The molecule has 0 radical (unpaired) electrons. The van der Waals surface area contributed by atoms with Gasteiger partial charge in [-0.15, -0.1) is 0 Å². The Hall–Kier alpha value is -2.85. The minimum Gasteiger partial charge on any atom is -0.366 e. The first-order chi connectivity index (χ1) is 14.6. The molecule has 1 fully saturated rings. The summed E-state index contributed by atoms with van der Waals surface area (Å²) in [5.74, 6) is -2.10. The average molecular weight is 451 g/mol. The van der Waals surface area contributed by atoms with Gasteiger partial charge >= 0.3 is 0 Å². The molecule has 1 N–H and O–H groups in total. The van der Waals surface area contributed by atoms with Gasteiger partial charge < -0.3 is 9.80 Å². The highest BCUT2D eigenvalue weighted by atomic mass is 32.2. The van der Waals surface area contributed by atoms with E-state index in [1.807, 2.05) is 0 Å². The van der Waals surface area contributed by atoms with Crippen molar-refractivity contribution in [2.24, 2.45) is 0 Å². The van der Waals surface area contributed by atoms with E-state index in [2.05, 4.69) is 4.72 Å². The summed E-state index contributed by atoms with van der Waals surface area (Å²) in [4.78, 5) is 26.8. The summed E-state index contributed by atoms with van der Waals surface area (Å²) in [5.41, 5.74) is 0.622. The molecule has 7 nitrogen and oxygen atoms in total. The van der Waals surface area contributed by atoms with Gasteiger partial charge in [0.1, 0.15) is 16.5 Å². The summed E-state index contributed by atoms with van der Waals surface area (Å²) in [5, 5.41) is 0. The Balaban J connectivity index is 1.62. The van der Waals surface area contributed by atoms with Gasteiger partial charge in [0.2, 0.25) is 15.9 Å². The summed E-state index contributed by atoms with van der Waals surface area (Å²) >= 11 is 0. The van der Waals surface area contributed by atoms with Gasteiger partial charge in [-0.1, -0.05) is 12.1 Å². The maximum Gasteiger partial charge on any atom is 0.244 e. The molecule has 1 aliphatic heterocycles. The number of Topliss-reactive ketones (excluding diaryl/α,β-unsaturated/α-hetero) is 1. The third kappa shape index (κ3) is 5.08. The minimum atomic E-state index is -4.20. The Kier molecular flexibility index (Phi) is 6.71. The van der Waals surface area contributed by atoms with Crippen LogP contribution in [-0.2, 0) is 14.8 Å². The first-order valence-corrected chi connectivity index (χ1v) is 11.2. The van der Waals surface area contributed by atoms with Gasteiger partial charge in [0.05, 0.1) is 11.7 Å². The van der Waals surface area contributed by atoms with Crippen LogP contribution in [0, 0.1) is 11.6 Å². The molecule has 0 aliphatic carbocycles. The molecule has 1 heterocycles. The number of sulfonamides is 1. The normalized spacial score (nSPS) is 15.6. The second kappa shape index (κ2) is 9.11. The first kappa shape index (κ1) is 22.8. The van der Waals surface area contributed by atoms with Crippen LogP contribution >= 0.6 is 0 Å². The summed E-state index contributed by atoms with van der Waals surface area (Å²) in [6.45, 7) is 3.97. The van der Waals surface area contributed by atoms with E-state index in [0.717, 1.165) is 12.1 Å². The van der Waals surface area contributed by atoms with Crippen LogP contribution in [0.3, 0.4) is 0 Å². The van der Waals surface area contributed by atoms with Crippen molar-refractivity contribution >= 4 is 27.4 Å². The molecular weight excluding hydrogens is 428 g/mol. The maximum absolute atomic E-state index is 14.4. The molecule has 31 heavy (non-hydrogen) atoms. The van der Waals surface area contributed by atoms with Crippen LogP contribution in [0.25, 0.3) is 0 Å². The number of anilines is 1. The van der Waals surface area contributed by atoms with Gasteiger partial charge in [0.25, 0.3) is 0 Å². The van der Waals surface area contributed by atoms with Crippen LogP contribution in [0.2, 0.25) is 0 Å². The fraction of sp³-hybridized carbons (Fsp3) is 0.333. The Morgan fingerprint density at radius 2 is 1.65 bits per heavy atom. The lowest BCUT2D eigenvalue weighted by molar-refractivity contribution is -0.132. The molecule has 0 saturated carbocycles. The van der Waals surface area contributed by atoms with Crippen LogP contribution in [0.1, 0.15) is 24.2 Å². The maximum atomic E-state index is 14.4. The van der Waals surface area contributed by atoms with Crippen molar-refractivity contribution in [3.05, 3.63) is 59.7 Å². The van der Waals surface area contributed by atoms with Crippen molar-refractivity contribution in [2.75, 3.05) is 31.1 Å². The van der Waals surface area contributed by atoms with E-state index in [1.54, 1.807) is 11.0 Å². The second-order valence-electron chi connectivity index (χ2n) is 7.31. The predicted molar refractivity (Wildman–Crippen MR) is 111 cm³/mol. The van der Waals surface area contributed by atoms with Gasteiger partial charge in [0, 0.05) is 31.7 Å². The molecule has 3 rings (SSSR count). The predicted octanol–water partition coefficient (Wildman–Crippen LogP) is 2.18. The van der Waals surface area contributed by atoms with Crippen LogP contribution in [-0.4, -0.2) is 57.2 Å². The molecule has 166 valence electrons. The number of nitrogens with zero attached hydrogens (tertiary/aromatic N) is 2. The lowest BCUT2D eigenvalue weighted by Crippen LogP contribution is -2.54. The van der Waals surface area contributed by atoms with Crippen LogP contribution < -0.4 is 9.62 Å². The van der Waals surface area contributed by atoms with Crippen molar-refractivity contribution in [2.45, 2.75) is 24.8 Å². The van der Waals surface area contributed by atoms with Gasteiger partial charge in [-0.2, -0.15) is 4.72 Å². The molecule has 1 atom stereocenters. The smallest absolute Gasteiger partial charge is 0.244 e. The Labute approximate surface area is 179 Å². The lowest BCUT2D eigenvalue weighted by Gasteiger charge is -2.37. The highest BCUT2D eigenvalue weighted by Crippen LogP contribution is 2.22. The molecule has 2 aromatic rings. The standard InChI is InChI=1S/C21H23F2N3O4S/c1-14(24-31(29,30)20-6-4-3-5-17(20)22)21(28)26-11-9-25(10-12-26)19-8-7-16(15(2)27)13-18(19)23/h3-8,13-14,24H,9-12H2,1-2H3/t14-/m0/s1. The van der Waals surface area contributed by atoms with Gasteiger partial charge in [-0.3, -0.25) is 9.59 Å². The molecular formula is C21H23F2N3O4S. The third-order valence-electron chi connectivity index (χ3n) is 5.11. The average Bonchev–Trinajstić information content (AvgIpc) is 2.73. The van der Waals surface area contributed by atoms with Crippen molar-refractivity contribution in [3.8, 4) is 0 Å². The third-order valence-corrected chi connectivity index (χ3v) is 6.69. The summed E-state index contributed by atoms with van der Waals surface area (Å²) in [7, 11) is -4.20. The van der Waals surface area contributed by atoms with Crippen molar-refractivity contribution in [3.63, 3.8) is 0 Å². The van der Waals surface area contributed by atoms with E-state index in [1.165, 1.54) is 43.0 Å². The molecule has 10 heteroatoms. The van der Waals surface area contributed by atoms with Crippen LogP contribution in [0.15, 0.2) is 47.4 Å². The number of amides is 1. The van der Waals surface area contributed by atoms with E-state index in [0.29, 0.717) is 18.8 Å². The highest BCUT2D eigenvalue weighted by Gasteiger charge is 2.30. The highest BCUT2D eigenvalue weighted by molar-refractivity contribution is 7.89. The first-order valence-electron chi connectivity index (χ1n) is 9.71. The Morgan fingerprint density at radius 3 is 2.23 bits per heavy atom. The van der Waals surface area contributed by atoms with E-state index in [-0.39, 0.29) is 24.4 Å². The molecule has 0 bridgehead atoms. The largest absolute Gasteiger partial charge is 0.366 e. The zero-order valence-electron chi connectivity index (χ0n) is 17.1. The monoisotopic (exact) mass is 451 g/mol. The number of hydrogen-bond acceptors (Lipinski definition) is 5. The zero-order valence-corrected chi connectivity index (χ0v) is 18.0. The number of benzene rings is 2. The van der Waals surface area contributed by atoms with Gasteiger partial charge in [0.15, 0.2) is 5.78 Å². The fourth-order valence-electron chi connectivity index (χ4n) is 3.43. The quantitative estimate of drug-likeness (QED) is 0.681. The number of hydrogen-bond donors (Lipinski definition) is 1. The summed E-state index contributed by atoms with van der Waals surface area (Å²) in [6, 6.07) is 8.11. The van der Waals surface area contributed by atoms with Crippen LogP contribution in [0.5, 0.6) is 0 Å². The topological polar surface area (TPSA) is 86.8 Å². The number of rotatable bonds is 6.